The smallest absolute Gasteiger partial charge is 0.136 e. The van der Waals surface area contributed by atoms with E-state index in [-0.39, 0.29) is 27.9 Å². The van der Waals surface area contributed by atoms with Gasteiger partial charge in [-0.25, -0.2) is 0 Å². The van der Waals surface area contributed by atoms with E-state index in [9.17, 15) is 9.90 Å². The number of aliphatic hydroxyl groups excluding tert-OH is 1. The van der Waals surface area contributed by atoms with Crippen LogP contribution in [0.15, 0.2) is 0 Å². The average molecular weight is 387 g/mol. The van der Waals surface area contributed by atoms with Gasteiger partial charge in [-0.15, -0.1) is 0 Å². The van der Waals surface area contributed by atoms with Gasteiger partial charge in [-0.05, 0) is 87.4 Å². The standard InChI is InChI=1S/C25H38O3/c1-15(26)24-9-5-4-6-16(24)12-20-18-13-21-25(28-21)14-17(27)7-10-23(25,3)19(18)8-11-22(20,24)2/h16-21,27H,4-14H2,1-3H3/t16-,17-,18+,19+,20-,21+,22+,23-,24+,25+/m0/s1. The van der Waals surface area contributed by atoms with Gasteiger partial charge >= 0.3 is 0 Å². The zero-order chi connectivity index (χ0) is 19.5. The lowest BCUT2D eigenvalue weighted by atomic mass is 9.42. The van der Waals surface area contributed by atoms with E-state index < -0.39 is 0 Å². The predicted octanol–water partition coefficient (Wildman–Crippen LogP) is 4.90. The SMILES string of the molecule is CC(=O)[C@]12CCCC[C@H]1C[C@H]1[C@@H]3C[C@H]4O[C@]45C[C@@H](O)CC[C@@]5(C)[C@@H]3CC[C@]12C. The Bertz CT molecular complexity index is 719. The molecule has 1 aliphatic heterocycles. The molecule has 6 rings (SSSR count). The van der Waals surface area contributed by atoms with Crippen LogP contribution in [0.5, 0.6) is 0 Å². The van der Waals surface area contributed by atoms with Crippen LogP contribution in [0.4, 0.5) is 0 Å². The topological polar surface area (TPSA) is 49.8 Å². The van der Waals surface area contributed by atoms with Gasteiger partial charge in [0.05, 0.1) is 12.2 Å². The molecule has 5 saturated carbocycles. The highest BCUT2D eigenvalue weighted by Gasteiger charge is 2.77. The minimum Gasteiger partial charge on any atom is -0.393 e. The molecule has 0 amide bonds. The summed E-state index contributed by atoms with van der Waals surface area (Å²) in [5.74, 6) is 3.27. The van der Waals surface area contributed by atoms with Crippen LogP contribution in [-0.4, -0.2) is 28.7 Å². The third-order valence-electron chi connectivity index (χ3n) is 11.7. The lowest BCUT2D eigenvalue weighted by Crippen LogP contribution is -2.60. The fraction of sp³-hybridized carbons (Fsp3) is 0.960. The van der Waals surface area contributed by atoms with Crippen molar-refractivity contribution in [3.05, 3.63) is 0 Å². The summed E-state index contributed by atoms with van der Waals surface area (Å²) in [5.41, 5.74) is 0.371. The van der Waals surface area contributed by atoms with Crippen LogP contribution in [0.2, 0.25) is 0 Å². The van der Waals surface area contributed by atoms with Gasteiger partial charge in [0, 0.05) is 17.3 Å². The van der Waals surface area contributed by atoms with Crippen molar-refractivity contribution in [2.45, 2.75) is 109 Å². The first-order chi connectivity index (χ1) is 13.3. The number of Topliss-reactive ketones (excluding diaryl/α,β-unsaturated/α-hetero) is 1. The van der Waals surface area contributed by atoms with Crippen LogP contribution in [0.3, 0.4) is 0 Å². The Morgan fingerprint density at radius 2 is 1.75 bits per heavy atom. The Kier molecular flexibility index (Phi) is 3.57. The summed E-state index contributed by atoms with van der Waals surface area (Å²) >= 11 is 0. The van der Waals surface area contributed by atoms with Crippen molar-refractivity contribution in [1.29, 1.82) is 0 Å². The highest BCUT2D eigenvalue weighted by molar-refractivity contribution is 5.84. The summed E-state index contributed by atoms with van der Waals surface area (Å²) in [6.07, 6.45) is 13.1. The van der Waals surface area contributed by atoms with E-state index in [0.29, 0.717) is 23.7 Å². The normalized spacial score (nSPS) is 62.0. The second-order valence-corrected chi connectivity index (χ2v) is 12.1. The van der Waals surface area contributed by atoms with Gasteiger partial charge in [-0.2, -0.15) is 0 Å². The number of ether oxygens (including phenoxy) is 1. The highest BCUT2D eigenvalue weighted by atomic mass is 16.6. The zero-order valence-corrected chi connectivity index (χ0v) is 18.0. The molecule has 0 bridgehead atoms. The number of epoxide rings is 1. The molecule has 0 aromatic heterocycles. The molecule has 1 N–H and O–H groups in total. The first-order valence-electron chi connectivity index (χ1n) is 12.2. The van der Waals surface area contributed by atoms with E-state index >= 15 is 0 Å². The Labute approximate surface area is 170 Å². The molecule has 0 aromatic rings. The van der Waals surface area contributed by atoms with Gasteiger partial charge in [0.15, 0.2) is 0 Å². The summed E-state index contributed by atoms with van der Waals surface area (Å²) in [6, 6.07) is 0. The van der Waals surface area contributed by atoms with Crippen LogP contribution < -0.4 is 0 Å². The Balaban J connectivity index is 1.40. The van der Waals surface area contributed by atoms with Crippen molar-refractivity contribution in [3.63, 3.8) is 0 Å². The average Bonchev–Trinajstić information content (AvgIpc) is 3.27. The summed E-state index contributed by atoms with van der Waals surface area (Å²) in [4.78, 5) is 13.2. The molecular formula is C25H38O3. The van der Waals surface area contributed by atoms with Crippen molar-refractivity contribution < 1.29 is 14.6 Å². The summed E-state index contributed by atoms with van der Waals surface area (Å²) in [6.45, 7) is 6.93. The first-order valence-corrected chi connectivity index (χ1v) is 12.2. The Hall–Kier alpha value is -0.410. The van der Waals surface area contributed by atoms with Crippen LogP contribution in [0.25, 0.3) is 0 Å². The zero-order valence-electron chi connectivity index (χ0n) is 18.0. The molecule has 0 aromatic carbocycles. The molecule has 6 fully saturated rings. The molecule has 1 heterocycles. The van der Waals surface area contributed by atoms with Crippen molar-refractivity contribution in [2.24, 2.45) is 39.9 Å². The largest absolute Gasteiger partial charge is 0.393 e. The van der Waals surface area contributed by atoms with Crippen LogP contribution in [0.1, 0.15) is 91.4 Å². The molecule has 28 heavy (non-hydrogen) atoms. The summed E-state index contributed by atoms with van der Waals surface area (Å²) in [5, 5.41) is 10.4. The number of fused-ring (bicyclic) bond motifs is 6. The molecule has 6 aliphatic rings. The number of carbonyl (C=O) groups is 1. The maximum absolute atomic E-state index is 13.2. The van der Waals surface area contributed by atoms with Gasteiger partial charge in [0.2, 0.25) is 0 Å². The molecule has 10 atom stereocenters. The fourth-order valence-electron chi connectivity index (χ4n) is 10.5. The molecule has 1 saturated heterocycles. The van der Waals surface area contributed by atoms with Crippen molar-refractivity contribution in [1.82, 2.24) is 0 Å². The summed E-state index contributed by atoms with van der Waals surface area (Å²) < 4.78 is 6.48. The lowest BCUT2D eigenvalue weighted by Gasteiger charge is -2.61. The number of carbonyl (C=O) groups excluding carboxylic acids is 1. The van der Waals surface area contributed by atoms with Gasteiger partial charge in [0.25, 0.3) is 0 Å². The number of hydrogen-bond acceptors (Lipinski definition) is 3. The van der Waals surface area contributed by atoms with Crippen LogP contribution in [0, 0.1) is 39.9 Å². The Morgan fingerprint density at radius 1 is 0.964 bits per heavy atom. The van der Waals surface area contributed by atoms with Gasteiger partial charge < -0.3 is 9.84 Å². The number of aliphatic hydroxyl groups is 1. The molecule has 156 valence electrons. The molecule has 5 aliphatic carbocycles. The molecule has 3 nitrogen and oxygen atoms in total. The molecule has 3 heteroatoms. The second-order valence-electron chi connectivity index (χ2n) is 12.1. The molecular weight excluding hydrogens is 348 g/mol. The van der Waals surface area contributed by atoms with E-state index in [0.717, 1.165) is 37.5 Å². The van der Waals surface area contributed by atoms with Crippen molar-refractivity contribution in [3.8, 4) is 0 Å². The third-order valence-corrected chi connectivity index (χ3v) is 11.7. The molecule has 1 spiro atoms. The van der Waals surface area contributed by atoms with E-state index in [2.05, 4.69) is 13.8 Å². The molecule has 0 radical (unpaired) electrons. The van der Waals surface area contributed by atoms with Crippen LogP contribution >= 0.6 is 0 Å². The van der Waals surface area contributed by atoms with Gasteiger partial charge in [0.1, 0.15) is 11.4 Å². The highest BCUT2D eigenvalue weighted by Crippen LogP contribution is 2.77. The quantitative estimate of drug-likeness (QED) is 0.652. The van der Waals surface area contributed by atoms with Gasteiger partial charge in [-0.3, -0.25) is 4.79 Å². The van der Waals surface area contributed by atoms with Crippen molar-refractivity contribution >= 4 is 5.78 Å². The monoisotopic (exact) mass is 386 g/mol. The van der Waals surface area contributed by atoms with E-state index in [1.165, 1.54) is 44.9 Å². The van der Waals surface area contributed by atoms with Crippen LogP contribution in [-0.2, 0) is 9.53 Å². The predicted molar refractivity (Wildman–Crippen MR) is 108 cm³/mol. The van der Waals surface area contributed by atoms with E-state index in [1.54, 1.807) is 0 Å². The Morgan fingerprint density at radius 3 is 2.54 bits per heavy atom. The maximum atomic E-state index is 13.2. The van der Waals surface area contributed by atoms with Crippen molar-refractivity contribution in [2.75, 3.05) is 0 Å². The summed E-state index contributed by atoms with van der Waals surface area (Å²) in [7, 11) is 0. The minimum absolute atomic E-state index is 0.0246. The number of rotatable bonds is 1. The maximum Gasteiger partial charge on any atom is 0.136 e. The number of hydrogen-bond donors (Lipinski definition) is 1. The molecule has 0 unspecified atom stereocenters. The minimum atomic E-state index is -0.168. The lowest BCUT2D eigenvalue weighted by molar-refractivity contribution is -0.154. The third kappa shape index (κ3) is 1.84. The van der Waals surface area contributed by atoms with E-state index in [4.69, 9.17) is 4.74 Å². The number of ketones is 1. The first kappa shape index (κ1) is 18.4. The van der Waals surface area contributed by atoms with E-state index in [1.807, 2.05) is 6.92 Å². The second kappa shape index (κ2) is 5.44. The fourth-order valence-corrected chi connectivity index (χ4v) is 10.5. The van der Waals surface area contributed by atoms with Gasteiger partial charge in [-0.1, -0.05) is 26.7 Å².